The second kappa shape index (κ2) is 6.30. The van der Waals surface area contributed by atoms with Crippen LogP contribution in [0.3, 0.4) is 0 Å². The first-order valence-electron chi connectivity index (χ1n) is 4.88. The largest absolute Gasteiger partial charge is 0.310 e. The number of rotatable bonds is 6. The molecule has 0 saturated heterocycles. The monoisotopic (exact) mass is 281 g/mol. The second-order valence-electron chi connectivity index (χ2n) is 3.42. The van der Waals surface area contributed by atoms with Crippen LogP contribution in [-0.2, 0) is 20.8 Å². The van der Waals surface area contributed by atoms with Gasteiger partial charge in [0.2, 0.25) is 0 Å². The van der Waals surface area contributed by atoms with Crippen LogP contribution in [0, 0.1) is 5.82 Å². The molecule has 1 N–H and O–H groups in total. The van der Waals surface area contributed by atoms with Crippen LogP contribution in [0.1, 0.15) is 5.56 Å². The average Bonchev–Trinajstić information content (AvgIpc) is 2.22. The Morgan fingerprint density at radius 1 is 1.47 bits per heavy atom. The van der Waals surface area contributed by atoms with Crippen LogP contribution in [0.25, 0.3) is 0 Å². The molecule has 0 unspecified atom stereocenters. The maximum absolute atomic E-state index is 13.4. The number of nitrogens with one attached hydrogen (secondary N) is 1. The average molecular weight is 282 g/mol. The van der Waals surface area contributed by atoms with Crippen LogP contribution in [0.15, 0.2) is 18.2 Å². The Morgan fingerprint density at radius 3 is 2.82 bits per heavy atom. The highest BCUT2D eigenvalue weighted by atomic mass is 35.5. The van der Waals surface area contributed by atoms with Crippen molar-refractivity contribution < 1.29 is 17.0 Å². The predicted octanol–water partition coefficient (Wildman–Crippen LogP) is 1.54. The Balaban J connectivity index is 2.34. The van der Waals surface area contributed by atoms with E-state index in [0.717, 1.165) is 6.26 Å². The van der Waals surface area contributed by atoms with E-state index in [1.807, 2.05) is 0 Å². The molecule has 1 rings (SSSR count). The summed E-state index contributed by atoms with van der Waals surface area (Å²) in [5.74, 6) is -0.467. The Labute approximate surface area is 105 Å². The van der Waals surface area contributed by atoms with Crippen molar-refractivity contribution in [3.8, 4) is 0 Å². The van der Waals surface area contributed by atoms with E-state index < -0.39 is 15.9 Å². The van der Waals surface area contributed by atoms with Gasteiger partial charge < -0.3 is 5.32 Å². The summed E-state index contributed by atoms with van der Waals surface area (Å²) in [6.07, 6.45) is 0.976. The first kappa shape index (κ1) is 14.4. The Morgan fingerprint density at radius 2 is 2.18 bits per heavy atom. The zero-order chi connectivity index (χ0) is 12.9. The zero-order valence-corrected chi connectivity index (χ0v) is 10.8. The van der Waals surface area contributed by atoms with E-state index >= 15 is 0 Å². The molecule has 7 heteroatoms. The van der Waals surface area contributed by atoms with Crippen molar-refractivity contribution in [3.05, 3.63) is 34.6 Å². The smallest absolute Gasteiger partial charge is 0.264 e. The number of hydrogen-bond acceptors (Lipinski definition) is 4. The summed E-state index contributed by atoms with van der Waals surface area (Å²) >= 11 is 5.61. The normalized spacial score (nSPS) is 11.7. The molecule has 0 bridgehead atoms. The molecule has 0 heterocycles. The van der Waals surface area contributed by atoms with E-state index in [-0.39, 0.29) is 18.2 Å². The van der Waals surface area contributed by atoms with E-state index in [1.54, 1.807) is 12.1 Å². The summed E-state index contributed by atoms with van der Waals surface area (Å²) in [5.41, 5.74) is 0.428. The molecule has 4 nitrogen and oxygen atoms in total. The number of benzene rings is 1. The molecule has 0 aliphatic rings. The lowest BCUT2D eigenvalue weighted by molar-refractivity contribution is 0.317. The van der Waals surface area contributed by atoms with Crippen LogP contribution in [0.2, 0.25) is 5.02 Å². The van der Waals surface area contributed by atoms with Crippen molar-refractivity contribution >= 4 is 21.7 Å². The van der Waals surface area contributed by atoms with Gasteiger partial charge in [0.25, 0.3) is 10.1 Å². The van der Waals surface area contributed by atoms with Gasteiger partial charge in [-0.3, -0.25) is 4.18 Å². The quantitative estimate of drug-likeness (QED) is 0.635. The van der Waals surface area contributed by atoms with Gasteiger partial charge in [-0.2, -0.15) is 8.42 Å². The lowest BCUT2D eigenvalue weighted by Crippen LogP contribution is -2.21. The van der Waals surface area contributed by atoms with Crippen molar-refractivity contribution in [1.82, 2.24) is 5.32 Å². The third-order valence-electron chi connectivity index (χ3n) is 1.92. The zero-order valence-electron chi connectivity index (χ0n) is 9.24. The molecular formula is C10H13ClFNO3S. The maximum atomic E-state index is 13.4. The van der Waals surface area contributed by atoms with Gasteiger partial charge in [0.05, 0.1) is 17.9 Å². The minimum absolute atomic E-state index is 0.0149. The van der Waals surface area contributed by atoms with Gasteiger partial charge in [0.1, 0.15) is 5.82 Å². The fourth-order valence-electron chi connectivity index (χ4n) is 1.17. The van der Waals surface area contributed by atoms with Gasteiger partial charge in [0, 0.05) is 18.7 Å². The topological polar surface area (TPSA) is 55.4 Å². The van der Waals surface area contributed by atoms with E-state index in [4.69, 9.17) is 11.6 Å². The Kier molecular flexibility index (Phi) is 5.32. The number of hydrogen-bond donors (Lipinski definition) is 1. The first-order chi connectivity index (χ1) is 7.90. The highest BCUT2D eigenvalue weighted by Crippen LogP contribution is 2.17. The standard InChI is InChI=1S/C10H13ClFNO3S/c1-17(14,15)16-6-5-13-7-8-3-2-4-9(11)10(8)12/h2-4,13H,5-7H2,1H3. The third-order valence-corrected chi connectivity index (χ3v) is 2.81. The van der Waals surface area contributed by atoms with Crippen LogP contribution in [0.5, 0.6) is 0 Å². The molecule has 17 heavy (non-hydrogen) atoms. The molecule has 0 amide bonds. The SMILES string of the molecule is CS(=O)(=O)OCCNCc1cccc(Cl)c1F. The molecule has 0 saturated carbocycles. The van der Waals surface area contributed by atoms with Gasteiger partial charge in [-0.25, -0.2) is 4.39 Å². The van der Waals surface area contributed by atoms with Gasteiger partial charge in [-0.1, -0.05) is 23.7 Å². The lowest BCUT2D eigenvalue weighted by atomic mass is 10.2. The van der Waals surface area contributed by atoms with Crippen LogP contribution in [0.4, 0.5) is 4.39 Å². The minimum Gasteiger partial charge on any atom is -0.310 e. The van der Waals surface area contributed by atoms with Gasteiger partial charge >= 0.3 is 0 Å². The summed E-state index contributed by atoms with van der Waals surface area (Å²) in [6.45, 7) is 0.583. The molecule has 0 atom stereocenters. The first-order valence-corrected chi connectivity index (χ1v) is 7.07. The van der Waals surface area contributed by atoms with Crippen molar-refractivity contribution in [2.75, 3.05) is 19.4 Å². The molecule has 0 radical (unpaired) electrons. The molecule has 0 aromatic heterocycles. The molecule has 0 aliphatic carbocycles. The van der Waals surface area contributed by atoms with Crippen molar-refractivity contribution in [1.29, 1.82) is 0 Å². The fourth-order valence-corrected chi connectivity index (χ4v) is 1.75. The summed E-state index contributed by atoms with van der Waals surface area (Å²) in [6, 6.07) is 4.72. The van der Waals surface area contributed by atoms with Crippen LogP contribution in [-0.4, -0.2) is 27.8 Å². The van der Waals surface area contributed by atoms with Crippen LogP contribution >= 0.6 is 11.6 Å². The van der Waals surface area contributed by atoms with E-state index in [1.165, 1.54) is 6.07 Å². The Hall–Kier alpha value is -0.690. The van der Waals surface area contributed by atoms with Crippen molar-refractivity contribution in [2.45, 2.75) is 6.54 Å². The minimum atomic E-state index is -3.42. The van der Waals surface area contributed by atoms with Gasteiger partial charge in [-0.15, -0.1) is 0 Å². The maximum Gasteiger partial charge on any atom is 0.264 e. The summed E-state index contributed by atoms with van der Waals surface area (Å²) in [7, 11) is -3.42. The lowest BCUT2D eigenvalue weighted by Gasteiger charge is -2.06. The highest BCUT2D eigenvalue weighted by molar-refractivity contribution is 7.85. The summed E-state index contributed by atoms with van der Waals surface area (Å²) < 4.78 is 39.2. The third kappa shape index (κ3) is 5.45. The summed E-state index contributed by atoms with van der Waals surface area (Å²) in [5, 5.41) is 2.92. The molecule has 0 spiro atoms. The molecule has 1 aromatic carbocycles. The molecule has 1 aromatic rings. The van der Waals surface area contributed by atoms with E-state index in [0.29, 0.717) is 12.1 Å². The predicted molar refractivity (Wildman–Crippen MR) is 63.9 cm³/mol. The Bertz CT molecular complexity index is 478. The van der Waals surface area contributed by atoms with E-state index in [2.05, 4.69) is 9.50 Å². The van der Waals surface area contributed by atoms with Crippen molar-refractivity contribution in [2.24, 2.45) is 0 Å². The van der Waals surface area contributed by atoms with Crippen molar-refractivity contribution in [3.63, 3.8) is 0 Å². The number of halogens is 2. The second-order valence-corrected chi connectivity index (χ2v) is 5.47. The highest BCUT2D eigenvalue weighted by Gasteiger charge is 2.05. The fraction of sp³-hybridized carbons (Fsp3) is 0.400. The van der Waals surface area contributed by atoms with E-state index in [9.17, 15) is 12.8 Å². The molecule has 96 valence electrons. The molecular weight excluding hydrogens is 269 g/mol. The molecule has 0 aliphatic heterocycles. The molecule has 0 fully saturated rings. The summed E-state index contributed by atoms with van der Waals surface area (Å²) in [4.78, 5) is 0. The van der Waals surface area contributed by atoms with Gasteiger partial charge in [-0.05, 0) is 6.07 Å². The van der Waals surface area contributed by atoms with Gasteiger partial charge in [0.15, 0.2) is 0 Å². The van der Waals surface area contributed by atoms with Crippen LogP contribution < -0.4 is 5.32 Å².